The predicted octanol–water partition coefficient (Wildman–Crippen LogP) is 4.64. The number of H-pyrrole nitrogens is 1. The fourth-order valence-electron chi connectivity index (χ4n) is 3.06. The largest absolute Gasteiger partial charge is 0.328 e. The first-order chi connectivity index (χ1) is 14.8. The molecule has 0 spiro atoms. The standard InChI is InChI=1S/C19H16N8S.C2H6/c1-12-11-27-16(13-8-22-23-9-13)10-21-19(27)18(24-12)25-17-7-15(26-28-17)6-14-4-2-3-5-20-14;1-2/h2-5,7-11H,6H2,1H3,(H,22,23)(H,24,25);1-2H3. The van der Waals surface area contributed by atoms with E-state index < -0.39 is 0 Å². The van der Waals surface area contributed by atoms with Gasteiger partial charge in [0.15, 0.2) is 11.5 Å². The molecule has 9 heteroatoms. The van der Waals surface area contributed by atoms with Gasteiger partial charge < -0.3 is 5.32 Å². The molecule has 152 valence electrons. The number of imidazole rings is 1. The van der Waals surface area contributed by atoms with Crippen molar-refractivity contribution in [3.05, 3.63) is 72.3 Å². The summed E-state index contributed by atoms with van der Waals surface area (Å²) in [6.45, 7) is 5.96. The van der Waals surface area contributed by atoms with Crippen LogP contribution in [0.5, 0.6) is 0 Å². The van der Waals surface area contributed by atoms with Gasteiger partial charge >= 0.3 is 0 Å². The normalized spacial score (nSPS) is 10.6. The highest BCUT2D eigenvalue weighted by Gasteiger charge is 2.14. The number of rotatable bonds is 5. The maximum absolute atomic E-state index is 4.63. The van der Waals surface area contributed by atoms with Gasteiger partial charge in [0.25, 0.3) is 0 Å². The van der Waals surface area contributed by atoms with E-state index in [2.05, 4.69) is 34.8 Å². The molecule has 0 amide bonds. The van der Waals surface area contributed by atoms with Crippen molar-refractivity contribution >= 4 is 28.0 Å². The Morgan fingerprint density at radius 1 is 1.13 bits per heavy atom. The molecule has 5 aromatic rings. The Morgan fingerprint density at radius 2 is 2.03 bits per heavy atom. The van der Waals surface area contributed by atoms with E-state index in [1.54, 1.807) is 12.4 Å². The van der Waals surface area contributed by atoms with Gasteiger partial charge in [-0.05, 0) is 36.7 Å². The van der Waals surface area contributed by atoms with E-state index in [1.807, 2.05) is 68.0 Å². The molecule has 0 saturated carbocycles. The van der Waals surface area contributed by atoms with Gasteiger partial charge in [-0.3, -0.25) is 14.5 Å². The van der Waals surface area contributed by atoms with Crippen molar-refractivity contribution in [2.75, 3.05) is 5.32 Å². The van der Waals surface area contributed by atoms with E-state index in [9.17, 15) is 0 Å². The SMILES string of the molecule is CC.Cc1cn2c(-c3cn[nH]c3)cnc2c(Nc2cc(Cc3ccccn3)ns2)n1. The molecule has 30 heavy (non-hydrogen) atoms. The van der Waals surface area contributed by atoms with Crippen LogP contribution in [0.25, 0.3) is 16.9 Å². The average Bonchev–Trinajstić information content (AvgIpc) is 3.51. The fraction of sp³-hybridized carbons (Fsp3) is 0.190. The van der Waals surface area contributed by atoms with E-state index in [0.29, 0.717) is 12.2 Å². The number of hydrogen-bond donors (Lipinski definition) is 2. The first-order valence-corrected chi connectivity index (χ1v) is 10.5. The van der Waals surface area contributed by atoms with Gasteiger partial charge in [-0.2, -0.15) is 9.47 Å². The van der Waals surface area contributed by atoms with E-state index in [0.717, 1.165) is 39.0 Å². The topological polar surface area (TPSA) is 96.7 Å². The smallest absolute Gasteiger partial charge is 0.180 e. The molecule has 0 aliphatic heterocycles. The van der Waals surface area contributed by atoms with Crippen molar-refractivity contribution in [1.82, 2.24) is 33.9 Å². The number of hydrogen-bond acceptors (Lipinski definition) is 7. The summed E-state index contributed by atoms with van der Waals surface area (Å²) in [5.74, 6) is 0.697. The molecular weight excluding hydrogens is 396 g/mol. The highest BCUT2D eigenvalue weighted by atomic mass is 32.1. The van der Waals surface area contributed by atoms with Crippen molar-refractivity contribution in [2.24, 2.45) is 0 Å². The molecule has 5 aromatic heterocycles. The lowest BCUT2D eigenvalue weighted by molar-refractivity contribution is 1.04. The number of fused-ring (bicyclic) bond motifs is 1. The molecule has 0 atom stereocenters. The molecule has 0 aliphatic carbocycles. The Hall–Kier alpha value is -3.59. The van der Waals surface area contributed by atoms with Crippen LogP contribution < -0.4 is 5.32 Å². The summed E-state index contributed by atoms with van der Waals surface area (Å²) in [5.41, 5.74) is 5.53. The maximum Gasteiger partial charge on any atom is 0.180 e. The van der Waals surface area contributed by atoms with E-state index in [-0.39, 0.29) is 0 Å². The lowest BCUT2D eigenvalue weighted by Crippen LogP contribution is -2.00. The summed E-state index contributed by atoms with van der Waals surface area (Å²) < 4.78 is 6.55. The fourth-order valence-corrected chi connectivity index (χ4v) is 3.72. The van der Waals surface area contributed by atoms with Gasteiger partial charge in [0, 0.05) is 36.3 Å². The van der Waals surface area contributed by atoms with Gasteiger partial charge in [0.2, 0.25) is 0 Å². The first kappa shape index (κ1) is 19.7. The second-order valence-electron chi connectivity index (χ2n) is 6.36. The monoisotopic (exact) mass is 418 g/mol. The molecule has 0 saturated heterocycles. The molecule has 5 heterocycles. The predicted molar refractivity (Wildman–Crippen MR) is 119 cm³/mol. The van der Waals surface area contributed by atoms with E-state index in [4.69, 9.17) is 0 Å². The van der Waals surface area contributed by atoms with Crippen molar-refractivity contribution in [3.63, 3.8) is 0 Å². The highest BCUT2D eigenvalue weighted by molar-refractivity contribution is 7.10. The lowest BCUT2D eigenvalue weighted by atomic mass is 10.2. The van der Waals surface area contributed by atoms with Crippen LogP contribution in [0.3, 0.4) is 0 Å². The quantitative estimate of drug-likeness (QED) is 0.432. The third kappa shape index (κ3) is 4.06. The van der Waals surface area contributed by atoms with Crippen LogP contribution in [-0.4, -0.2) is 33.9 Å². The molecule has 8 nitrogen and oxygen atoms in total. The minimum atomic E-state index is 0.697. The molecule has 0 unspecified atom stereocenters. The number of pyridine rings is 1. The summed E-state index contributed by atoms with van der Waals surface area (Å²) in [6.07, 6.45) is 9.91. The summed E-state index contributed by atoms with van der Waals surface area (Å²) in [7, 11) is 0. The number of aromatic nitrogens is 7. The number of nitrogens with one attached hydrogen (secondary N) is 2. The molecule has 0 aliphatic rings. The van der Waals surface area contributed by atoms with Crippen molar-refractivity contribution in [2.45, 2.75) is 27.2 Å². The highest BCUT2D eigenvalue weighted by Crippen LogP contribution is 2.27. The summed E-state index contributed by atoms with van der Waals surface area (Å²) in [5, 5.41) is 11.2. The lowest BCUT2D eigenvalue weighted by Gasteiger charge is -2.07. The minimum Gasteiger partial charge on any atom is -0.328 e. The molecule has 0 fully saturated rings. The second-order valence-corrected chi connectivity index (χ2v) is 7.17. The second kappa shape index (κ2) is 8.83. The van der Waals surface area contributed by atoms with E-state index in [1.165, 1.54) is 11.5 Å². The van der Waals surface area contributed by atoms with Gasteiger partial charge in [0.1, 0.15) is 5.00 Å². The van der Waals surface area contributed by atoms with Crippen LogP contribution in [0.15, 0.2) is 55.2 Å². The van der Waals surface area contributed by atoms with Crippen LogP contribution in [0.2, 0.25) is 0 Å². The number of anilines is 2. The Balaban J connectivity index is 0.00000106. The van der Waals surface area contributed by atoms with Crippen molar-refractivity contribution in [3.8, 4) is 11.3 Å². The molecule has 0 bridgehead atoms. The average molecular weight is 419 g/mol. The van der Waals surface area contributed by atoms with Gasteiger partial charge in [-0.25, -0.2) is 9.97 Å². The molecule has 2 N–H and O–H groups in total. The van der Waals surface area contributed by atoms with Crippen LogP contribution in [0.4, 0.5) is 10.8 Å². The third-order valence-electron chi connectivity index (χ3n) is 4.30. The number of aryl methyl sites for hydroxylation is 1. The Kier molecular flexibility index (Phi) is 5.80. The zero-order valence-corrected chi connectivity index (χ0v) is 17.8. The Morgan fingerprint density at radius 3 is 2.80 bits per heavy atom. The molecule has 0 radical (unpaired) electrons. The maximum atomic E-state index is 4.63. The number of aromatic amines is 1. The molecular formula is C21H22N8S. The molecule has 0 aromatic carbocycles. The van der Waals surface area contributed by atoms with Crippen LogP contribution in [-0.2, 0) is 6.42 Å². The Bertz CT molecular complexity index is 1220. The van der Waals surface area contributed by atoms with Crippen LogP contribution in [0, 0.1) is 6.92 Å². The Labute approximate surface area is 178 Å². The number of nitrogens with zero attached hydrogens (tertiary/aromatic N) is 6. The zero-order valence-electron chi connectivity index (χ0n) is 17.0. The summed E-state index contributed by atoms with van der Waals surface area (Å²) in [4.78, 5) is 13.5. The van der Waals surface area contributed by atoms with Crippen LogP contribution >= 0.6 is 11.5 Å². The first-order valence-electron chi connectivity index (χ1n) is 9.72. The van der Waals surface area contributed by atoms with Crippen molar-refractivity contribution < 1.29 is 0 Å². The van der Waals surface area contributed by atoms with E-state index >= 15 is 0 Å². The molecule has 5 rings (SSSR count). The van der Waals surface area contributed by atoms with Gasteiger partial charge in [-0.1, -0.05) is 19.9 Å². The third-order valence-corrected chi connectivity index (χ3v) is 5.04. The summed E-state index contributed by atoms with van der Waals surface area (Å²) >= 11 is 1.40. The van der Waals surface area contributed by atoms with Gasteiger partial charge in [0.05, 0.1) is 29.5 Å². The summed E-state index contributed by atoms with van der Waals surface area (Å²) in [6, 6.07) is 7.92. The zero-order chi connectivity index (χ0) is 20.9. The van der Waals surface area contributed by atoms with Gasteiger partial charge in [-0.15, -0.1) is 0 Å². The van der Waals surface area contributed by atoms with Crippen LogP contribution in [0.1, 0.15) is 30.9 Å². The van der Waals surface area contributed by atoms with Crippen molar-refractivity contribution in [1.29, 1.82) is 0 Å². The minimum absolute atomic E-state index is 0.697.